The number of nitrogens with zero attached hydrogens (tertiary/aromatic N) is 2. The Kier molecular flexibility index (Phi) is 5.24. The number of aromatic nitrogens is 1. The van der Waals surface area contributed by atoms with Gasteiger partial charge in [-0.15, -0.1) is 11.3 Å². The summed E-state index contributed by atoms with van der Waals surface area (Å²) in [4.78, 5) is 7.13. The van der Waals surface area contributed by atoms with Crippen molar-refractivity contribution in [2.24, 2.45) is 5.92 Å². The number of benzene rings is 1. The van der Waals surface area contributed by atoms with Crippen LogP contribution in [0.3, 0.4) is 0 Å². The van der Waals surface area contributed by atoms with Gasteiger partial charge in [0, 0.05) is 37.2 Å². The molecule has 2 heterocycles. The molecular formula is C18H24N2OS. The van der Waals surface area contributed by atoms with Gasteiger partial charge < -0.3 is 4.74 Å². The molecule has 3 rings (SSSR count). The molecular weight excluding hydrogens is 292 g/mol. The summed E-state index contributed by atoms with van der Waals surface area (Å²) in [5.74, 6) is 0.558. The molecule has 4 heteroatoms. The van der Waals surface area contributed by atoms with Gasteiger partial charge in [0.15, 0.2) is 0 Å². The van der Waals surface area contributed by atoms with Crippen molar-refractivity contribution in [2.75, 3.05) is 20.2 Å². The van der Waals surface area contributed by atoms with Gasteiger partial charge in [0.05, 0.1) is 12.6 Å². The standard InChI is InChI=1S/C18H24N2OS/c1-14-13-22-18(19-14)12-20-9-8-17(21-2)16(11-20)10-15-6-4-3-5-7-15/h3-7,13,16-17H,8-12H2,1-2H3/t16-,17+/m1/s1. The Bertz CT molecular complexity index is 584. The molecule has 1 aliphatic rings. The number of methoxy groups -OCH3 is 1. The van der Waals surface area contributed by atoms with Crippen molar-refractivity contribution >= 4 is 11.3 Å². The molecule has 1 fully saturated rings. The SMILES string of the molecule is CO[C@H]1CCN(Cc2nc(C)cs2)C[C@H]1Cc1ccccc1. The van der Waals surface area contributed by atoms with E-state index in [0.29, 0.717) is 12.0 Å². The highest BCUT2D eigenvalue weighted by Crippen LogP contribution is 2.25. The molecule has 0 spiro atoms. The molecule has 22 heavy (non-hydrogen) atoms. The van der Waals surface area contributed by atoms with Gasteiger partial charge in [0.1, 0.15) is 5.01 Å². The molecule has 0 unspecified atom stereocenters. The molecule has 0 aliphatic carbocycles. The zero-order chi connectivity index (χ0) is 15.4. The Morgan fingerprint density at radius 2 is 2.14 bits per heavy atom. The van der Waals surface area contributed by atoms with Crippen LogP contribution >= 0.6 is 11.3 Å². The quantitative estimate of drug-likeness (QED) is 0.844. The monoisotopic (exact) mass is 316 g/mol. The van der Waals surface area contributed by atoms with Gasteiger partial charge in [-0.25, -0.2) is 4.98 Å². The van der Waals surface area contributed by atoms with Gasteiger partial charge in [-0.05, 0) is 25.3 Å². The van der Waals surface area contributed by atoms with Crippen LogP contribution < -0.4 is 0 Å². The lowest BCUT2D eigenvalue weighted by Gasteiger charge is -2.37. The summed E-state index contributed by atoms with van der Waals surface area (Å²) in [5, 5.41) is 3.37. The van der Waals surface area contributed by atoms with Crippen molar-refractivity contribution in [1.29, 1.82) is 0 Å². The third kappa shape index (κ3) is 3.94. The van der Waals surface area contributed by atoms with Crippen molar-refractivity contribution in [2.45, 2.75) is 32.4 Å². The number of hydrogen-bond donors (Lipinski definition) is 0. The van der Waals surface area contributed by atoms with Crippen molar-refractivity contribution in [3.8, 4) is 0 Å². The molecule has 2 aromatic rings. The number of rotatable bonds is 5. The van der Waals surface area contributed by atoms with E-state index in [4.69, 9.17) is 4.74 Å². The van der Waals surface area contributed by atoms with Gasteiger partial charge in [0.25, 0.3) is 0 Å². The van der Waals surface area contributed by atoms with E-state index in [-0.39, 0.29) is 0 Å². The van der Waals surface area contributed by atoms with Gasteiger partial charge in [0.2, 0.25) is 0 Å². The van der Waals surface area contributed by atoms with Crippen LogP contribution in [0, 0.1) is 12.8 Å². The maximum atomic E-state index is 5.74. The maximum Gasteiger partial charge on any atom is 0.107 e. The Balaban J connectivity index is 1.64. The Morgan fingerprint density at radius 3 is 2.82 bits per heavy atom. The van der Waals surface area contributed by atoms with E-state index in [1.807, 2.05) is 7.11 Å². The minimum Gasteiger partial charge on any atom is -0.381 e. The smallest absolute Gasteiger partial charge is 0.107 e. The number of hydrogen-bond acceptors (Lipinski definition) is 4. The number of aryl methyl sites for hydroxylation is 1. The van der Waals surface area contributed by atoms with E-state index in [2.05, 4.69) is 52.5 Å². The zero-order valence-electron chi connectivity index (χ0n) is 13.4. The Morgan fingerprint density at radius 1 is 1.32 bits per heavy atom. The number of ether oxygens (including phenoxy) is 1. The minimum atomic E-state index is 0.370. The van der Waals surface area contributed by atoms with Crippen LogP contribution in [0.25, 0.3) is 0 Å². The van der Waals surface area contributed by atoms with E-state index in [9.17, 15) is 0 Å². The second kappa shape index (κ2) is 7.36. The average molecular weight is 316 g/mol. The van der Waals surface area contributed by atoms with Gasteiger partial charge in [-0.2, -0.15) is 0 Å². The van der Waals surface area contributed by atoms with E-state index in [0.717, 1.165) is 38.2 Å². The van der Waals surface area contributed by atoms with E-state index in [1.54, 1.807) is 11.3 Å². The summed E-state index contributed by atoms with van der Waals surface area (Å²) in [7, 11) is 1.85. The molecule has 1 saturated heterocycles. The predicted molar refractivity (Wildman–Crippen MR) is 91.2 cm³/mol. The van der Waals surface area contributed by atoms with Crippen molar-refractivity contribution in [3.63, 3.8) is 0 Å². The fraction of sp³-hybridized carbons (Fsp3) is 0.500. The molecule has 3 nitrogen and oxygen atoms in total. The normalized spacial score (nSPS) is 22.8. The van der Waals surface area contributed by atoms with Crippen LogP contribution in [0.5, 0.6) is 0 Å². The van der Waals surface area contributed by atoms with E-state index >= 15 is 0 Å². The maximum absolute atomic E-state index is 5.74. The highest BCUT2D eigenvalue weighted by molar-refractivity contribution is 7.09. The lowest BCUT2D eigenvalue weighted by Crippen LogP contribution is -2.44. The fourth-order valence-electron chi connectivity index (χ4n) is 3.32. The summed E-state index contributed by atoms with van der Waals surface area (Å²) >= 11 is 1.77. The summed E-state index contributed by atoms with van der Waals surface area (Å²) in [6.07, 6.45) is 2.57. The lowest BCUT2D eigenvalue weighted by molar-refractivity contribution is -0.00850. The molecule has 1 aromatic heterocycles. The topological polar surface area (TPSA) is 25.4 Å². The molecule has 0 N–H and O–H groups in total. The molecule has 0 radical (unpaired) electrons. The summed E-state index contributed by atoms with van der Waals surface area (Å²) in [6, 6.07) is 10.8. The molecule has 1 aromatic carbocycles. The minimum absolute atomic E-state index is 0.370. The van der Waals surface area contributed by atoms with Crippen molar-refractivity contribution in [1.82, 2.24) is 9.88 Å². The lowest BCUT2D eigenvalue weighted by atomic mass is 9.88. The second-order valence-corrected chi connectivity index (χ2v) is 7.07. The number of thiazole rings is 1. The zero-order valence-corrected chi connectivity index (χ0v) is 14.2. The van der Waals surface area contributed by atoms with Gasteiger partial charge in [-0.3, -0.25) is 4.90 Å². The molecule has 118 valence electrons. The van der Waals surface area contributed by atoms with E-state index < -0.39 is 0 Å². The highest BCUT2D eigenvalue weighted by Gasteiger charge is 2.29. The molecule has 0 amide bonds. The summed E-state index contributed by atoms with van der Waals surface area (Å²) < 4.78 is 5.74. The van der Waals surface area contributed by atoms with Crippen molar-refractivity contribution in [3.05, 3.63) is 52.0 Å². The predicted octanol–water partition coefficient (Wildman–Crippen LogP) is 3.53. The van der Waals surface area contributed by atoms with E-state index in [1.165, 1.54) is 10.6 Å². The highest BCUT2D eigenvalue weighted by atomic mass is 32.1. The number of likely N-dealkylation sites (tertiary alicyclic amines) is 1. The molecule has 0 saturated carbocycles. The van der Waals surface area contributed by atoms with Crippen LogP contribution in [0.2, 0.25) is 0 Å². The first kappa shape index (κ1) is 15.7. The summed E-state index contributed by atoms with van der Waals surface area (Å²) in [5.41, 5.74) is 2.54. The van der Waals surface area contributed by atoms with Gasteiger partial charge >= 0.3 is 0 Å². The Hall–Kier alpha value is -1.23. The molecule has 2 atom stereocenters. The largest absolute Gasteiger partial charge is 0.381 e. The van der Waals surface area contributed by atoms with Crippen LogP contribution in [-0.2, 0) is 17.7 Å². The Labute approximate surface area is 137 Å². The first-order valence-electron chi connectivity index (χ1n) is 7.94. The van der Waals surface area contributed by atoms with Crippen molar-refractivity contribution < 1.29 is 4.74 Å². The second-order valence-electron chi connectivity index (χ2n) is 6.13. The first-order valence-corrected chi connectivity index (χ1v) is 8.82. The van der Waals surface area contributed by atoms with Gasteiger partial charge in [-0.1, -0.05) is 30.3 Å². The van der Waals surface area contributed by atoms with Crippen LogP contribution in [-0.4, -0.2) is 36.2 Å². The fourth-order valence-corrected chi connectivity index (χ4v) is 4.13. The van der Waals surface area contributed by atoms with Crippen LogP contribution in [0.4, 0.5) is 0 Å². The number of piperidine rings is 1. The van der Waals surface area contributed by atoms with Crippen LogP contribution in [0.1, 0.15) is 22.7 Å². The summed E-state index contributed by atoms with van der Waals surface area (Å²) in [6.45, 7) is 5.23. The molecule has 0 bridgehead atoms. The van der Waals surface area contributed by atoms with Crippen LogP contribution in [0.15, 0.2) is 35.7 Å². The third-order valence-corrected chi connectivity index (χ3v) is 5.37. The molecule has 1 aliphatic heterocycles. The average Bonchev–Trinajstić information content (AvgIpc) is 2.94. The third-order valence-electron chi connectivity index (χ3n) is 4.42. The first-order chi connectivity index (χ1) is 10.7.